The topological polar surface area (TPSA) is 71.8 Å². The van der Waals surface area contributed by atoms with E-state index in [0.717, 1.165) is 12.0 Å². The molecule has 0 aliphatic heterocycles. The highest BCUT2D eigenvalue weighted by atomic mass is 16.2. The minimum atomic E-state index is -0.210. The second-order valence-electron chi connectivity index (χ2n) is 6.60. The summed E-state index contributed by atoms with van der Waals surface area (Å²) in [4.78, 5) is 16.1. The van der Waals surface area contributed by atoms with Crippen molar-refractivity contribution in [3.05, 3.63) is 78.2 Å². The SMILES string of the molecule is O=C(NC[C@H]1C[C@H]1c1ccccc1)Nc1ccn(Cc2ccncc2)n1. The van der Waals surface area contributed by atoms with E-state index in [4.69, 9.17) is 0 Å². The van der Waals surface area contributed by atoms with Crippen molar-refractivity contribution in [3.8, 4) is 0 Å². The van der Waals surface area contributed by atoms with Crippen LogP contribution in [-0.2, 0) is 6.54 Å². The van der Waals surface area contributed by atoms with Gasteiger partial charge in [-0.1, -0.05) is 30.3 Å². The number of nitrogens with zero attached hydrogens (tertiary/aromatic N) is 3. The number of rotatable bonds is 6. The first-order valence-electron chi connectivity index (χ1n) is 8.80. The Kier molecular flexibility index (Phi) is 4.64. The van der Waals surface area contributed by atoms with Crippen LogP contribution < -0.4 is 10.6 Å². The smallest absolute Gasteiger partial charge is 0.320 e. The lowest BCUT2D eigenvalue weighted by Crippen LogP contribution is -2.30. The zero-order valence-corrected chi connectivity index (χ0v) is 14.4. The molecule has 1 aromatic carbocycles. The zero-order valence-electron chi connectivity index (χ0n) is 14.4. The molecule has 2 N–H and O–H groups in total. The Bertz CT molecular complexity index is 862. The maximum Gasteiger partial charge on any atom is 0.320 e. The molecule has 132 valence electrons. The molecule has 0 spiro atoms. The lowest BCUT2D eigenvalue weighted by Gasteiger charge is -2.06. The number of hydrogen-bond donors (Lipinski definition) is 2. The first-order valence-corrected chi connectivity index (χ1v) is 8.80. The van der Waals surface area contributed by atoms with Gasteiger partial charge in [0.05, 0.1) is 6.54 Å². The lowest BCUT2D eigenvalue weighted by molar-refractivity contribution is 0.251. The molecular weight excluding hydrogens is 326 g/mol. The van der Waals surface area contributed by atoms with E-state index in [1.807, 2.05) is 24.4 Å². The van der Waals surface area contributed by atoms with Crippen molar-refractivity contribution >= 4 is 11.8 Å². The molecule has 1 aliphatic carbocycles. The predicted molar refractivity (Wildman–Crippen MR) is 99.9 cm³/mol. The molecule has 2 heterocycles. The van der Waals surface area contributed by atoms with Gasteiger partial charge in [-0.3, -0.25) is 15.0 Å². The molecular formula is C20H21N5O. The van der Waals surface area contributed by atoms with Crippen molar-refractivity contribution in [1.82, 2.24) is 20.1 Å². The van der Waals surface area contributed by atoms with Crippen molar-refractivity contribution in [1.29, 1.82) is 0 Å². The molecule has 4 rings (SSSR count). The third-order valence-electron chi connectivity index (χ3n) is 4.65. The minimum absolute atomic E-state index is 0.210. The van der Waals surface area contributed by atoms with Crippen LogP contribution >= 0.6 is 0 Å². The van der Waals surface area contributed by atoms with E-state index >= 15 is 0 Å². The molecule has 3 aromatic rings. The molecule has 0 saturated heterocycles. The molecule has 6 nitrogen and oxygen atoms in total. The highest BCUT2D eigenvalue weighted by Gasteiger charge is 2.38. The van der Waals surface area contributed by atoms with Crippen LogP contribution in [0.25, 0.3) is 0 Å². The van der Waals surface area contributed by atoms with Crippen molar-refractivity contribution in [2.75, 3.05) is 11.9 Å². The third-order valence-corrected chi connectivity index (χ3v) is 4.65. The van der Waals surface area contributed by atoms with E-state index in [-0.39, 0.29) is 6.03 Å². The number of hydrogen-bond acceptors (Lipinski definition) is 3. The van der Waals surface area contributed by atoms with Crippen molar-refractivity contribution in [3.63, 3.8) is 0 Å². The first-order chi connectivity index (χ1) is 12.8. The summed E-state index contributed by atoms with van der Waals surface area (Å²) >= 11 is 0. The summed E-state index contributed by atoms with van der Waals surface area (Å²) < 4.78 is 1.79. The van der Waals surface area contributed by atoms with Gasteiger partial charge < -0.3 is 5.32 Å². The van der Waals surface area contributed by atoms with E-state index in [9.17, 15) is 4.79 Å². The Labute approximate surface area is 152 Å². The second kappa shape index (κ2) is 7.39. The number of pyridine rings is 1. The fraction of sp³-hybridized carbons (Fsp3) is 0.250. The van der Waals surface area contributed by atoms with Gasteiger partial charge in [0.2, 0.25) is 0 Å². The van der Waals surface area contributed by atoms with Crippen LogP contribution in [0.15, 0.2) is 67.1 Å². The van der Waals surface area contributed by atoms with Gasteiger partial charge in [-0.15, -0.1) is 0 Å². The van der Waals surface area contributed by atoms with Crippen LogP contribution in [0.1, 0.15) is 23.5 Å². The summed E-state index contributed by atoms with van der Waals surface area (Å²) in [6.07, 6.45) is 6.49. The number of amides is 2. The molecule has 1 fully saturated rings. The van der Waals surface area contributed by atoms with Crippen molar-refractivity contribution in [2.45, 2.75) is 18.9 Å². The maximum atomic E-state index is 12.1. The molecule has 0 radical (unpaired) electrons. The number of anilines is 1. The summed E-state index contributed by atoms with van der Waals surface area (Å²) in [6, 6.07) is 15.9. The molecule has 2 atom stereocenters. The number of urea groups is 1. The fourth-order valence-electron chi connectivity index (χ4n) is 3.16. The van der Waals surface area contributed by atoms with Crippen LogP contribution in [0.2, 0.25) is 0 Å². The van der Waals surface area contributed by atoms with Crippen LogP contribution in [-0.4, -0.2) is 27.3 Å². The van der Waals surface area contributed by atoms with Gasteiger partial charge in [-0.2, -0.15) is 5.10 Å². The monoisotopic (exact) mass is 347 g/mol. The summed E-state index contributed by atoms with van der Waals surface area (Å²) in [5, 5.41) is 10.1. The summed E-state index contributed by atoms with van der Waals surface area (Å²) in [6.45, 7) is 1.33. The Balaban J connectivity index is 1.23. The standard InChI is InChI=1S/C20H21N5O/c26-20(22-13-17-12-18(17)16-4-2-1-3-5-16)23-19-8-11-25(24-19)14-15-6-9-21-10-7-15/h1-11,17-18H,12-14H2,(H2,22,23,24,26)/t17-,18+/m1/s1. The van der Waals surface area contributed by atoms with Gasteiger partial charge in [0.15, 0.2) is 5.82 Å². The van der Waals surface area contributed by atoms with E-state index in [0.29, 0.717) is 30.7 Å². The quantitative estimate of drug-likeness (QED) is 0.719. The van der Waals surface area contributed by atoms with Gasteiger partial charge in [-0.25, -0.2) is 4.79 Å². The Morgan fingerprint density at radius 3 is 2.73 bits per heavy atom. The zero-order chi connectivity index (χ0) is 17.8. The Hall–Kier alpha value is -3.15. The third kappa shape index (κ3) is 4.08. The van der Waals surface area contributed by atoms with Crippen LogP contribution in [0.5, 0.6) is 0 Å². The first kappa shape index (κ1) is 16.3. The average Bonchev–Trinajstić information content (AvgIpc) is 3.34. The molecule has 0 bridgehead atoms. The number of nitrogens with one attached hydrogen (secondary N) is 2. The van der Waals surface area contributed by atoms with Crippen LogP contribution in [0.4, 0.5) is 10.6 Å². The van der Waals surface area contributed by atoms with Gasteiger partial charge in [0.25, 0.3) is 0 Å². The predicted octanol–water partition coefficient (Wildman–Crippen LogP) is 3.25. The van der Waals surface area contributed by atoms with Gasteiger partial charge in [0, 0.05) is 31.2 Å². The molecule has 2 aromatic heterocycles. The van der Waals surface area contributed by atoms with Gasteiger partial charge >= 0.3 is 6.03 Å². The number of benzene rings is 1. The van der Waals surface area contributed by atoms with E-state index in [1.54, 1.807) is 23.1 Å². The van der Waals surface area contributed by atoms with Crippen molar-refractivity contribution < 1.29 is 4.79 Å². The summed E-state index contributed by atoms with van der Waals surface area (Å²) in [7, 11) is 0. The molecule has 1 saturated carbocycles. The number of carbonyl (C=O) groups excluding carboxylic acids is 1. The fourth-order valence-corrected chi connectivity index (χ4v) is 3.16. The van der Waals surface area contributed by atoms with E-state index in [1.165, 1.54) is 5.56 Å². The maximum absolute atomic E-state index is 12.1. The van der Waals surface area contributed by atoms with E-state index < -0.39 is 0 Å². The van der Waals surface area contributed by atoms with E-state index in [2.05, 4.69) is 45.0 Å². The molecule has 1 aliphatic rings. The summed E-state index contributed by atoms with van der Waals surface area (Å²) in [5.41, 5.74) is 2.47. The molecule has 26 heavy (non-hydrogen) atoms. The van der Waals surface area contributed by atoms with Crippen LogP contribution in [0, 0.1) is 5.92 Å². The second-order valence-corrected chi connectivity index (χ2v) is 6.60. The molecule has 0 unspecified atom stereocenters. The largest absolute Gasteiger partial charge is 0.338 e. The Morgan fingerprint density at radius 1 is 1.12 bits per heavy atom. The van der Waals surface area contributed by atoms with Crippen LogP contribution in [0.3, 0.4) is 0 Å². The number of aromatic nitrogens is 3. The summed E-state index contributed by atoms with van der Waals surface area (Å²) in [5.74, 6) is 1.63. The normalized spacial score (nSPS) is 18.3. The van der Waals surface area contributed by atoms with Crippen molar-refractivity contribution in [2.24, 2.45) is 5.92 Å². The minimum Gasteiger partial charge on any atom is -0.338 e. The number of carbonyl (C=O) groups is 1. The van der Waals surface area contributed by atoms with Gasteiger partial charge in [-0.05, 0) is 41.5 Å². The highest BCUT2D eigenvalue weighted by Crippen LogP contribution is 2.46. The lowest BCUT2D eigenvalue weighted by atomic mass is 10.1. The highest BCUT2D eigenvalue weighted by molar-refractivity contribution is 5.88. The molecule has 2 amide bonds. The average molecular weight is 347 g/mol. The molecule has 6 heteroatoms. The Morgan fingerprint density at radius 2 is 1.92 bits per heavy atom. The van der Waals surface area contributed by atoms with Gasteiger partial charge in [0.1, 0.15) is 0 Å².